The zero-order valence-corrected chi connectivity index (χ0v) is 21.0. The largest absolute Gasteiger partial charge is 0.416 e. The van der Waals surface area contributed by atoms with Gasteiger partial charge in [-0.3, -0.25) is 9.59 Å². The molecule has 3 rings (SSSR count). The summed E-state index contributed by atoms with van der Waals surface area (Å²) >= 11 is 0. The molecule has 0 aromatic heterocycles. The molecule has 1 fully saturated rings. The molecule has 1 amide bonds. The Bertz CT molecular complexity index is 1010. The predicted molar refractivity (Wildman–Crippen MR) is 124 cm³/mol. The minimum atomic E-state index is -4.58. The van der Waals surface area contributed by atoms with Crippen LogP contribution >= 0.6 is 0 Å². The van der Waals surface area contributed by atoms with Crippen molar-refractivity contribution >= 4 is 11.7 Å². The van der Waals surface area contributed by atoms with E-state index in [0.29, 0.717) is 17.6 Å². The van der Waals surface area contributed by atoms with Gasteiger partial charge in [-0.2, -0.15) is 13.2 Å². The summed E-state index contributed by atoms with van der Waals surface area (Å²) in [5.41, 5.74) is -1.02. The predicted octanol–water partition coefficient (Wildman–Crippen LogP) is 7.08. The van der Waals surface area contributed by atoms with E-state index in [4.69, 9.17) is 0 Å². The number of hydrogen-bond acceptors (Lipinski definition) is 2. The molecule has 35 heavy (non-hydrogen) atoms. The molecule has 1 aromatic rings. The number of allylic oxidation sites excluding steroid dienone is 1. The maximum Gasteiger partial charge on any atom is 0.416 e. The smallest absolute Gasteiger partial charge is 0.319 e. The Morgan fingerprint density at radius 2 is 1.77 bits per heavy atom. The molecule has 0 spiro atoms. The van der Waals surface area contributed by atoms with Gasteiger partial charge < -0.3 is 4.90 Å². The van der Waals surface area contributed by atoms with Gasteiger partial charge in [-0.1, -0.05) is 39.8 Å². The van der Waals surface area contributed by atoms with Gasteiger partial charge in [0.05, 0.1) is 5.56 Å². The Morgan fingerprint density at radius 3 is 2.29 bits per heavy atom. The van der Waals surface area contributed by atoms with Gasteiger partial charge >= 0.3 is 6.18 Å². The fraction of sp³-hybridized carbons (Fsp3) is 0.630. The Balaban J connectivity index is 2.05. The second-order valence-electron chi connectivity index (χ2n) is 11.5. The number of benzene rings is 1. The van der Waals surface area contributed by atoms with Gasteiger partial charge in [0.1, 0.15) is 5.78 Å². The Labute approximate surface area is 203 Å². The van der Waals surface area contributed by atoms with Crippen LogP contribution in [0.5, 0.6) is 0 Å². The number of carbonyl (C=O) groups excluding carboxylic acids is 2. The lowest BCUT2D eigenvalue weighted by atomic mass is 9.62. The lowest BCUT2D eigenvalue weighted by Gasteiger charge is -2.47. The van der Waals surface area contributed by atoms with Crippen molar-refractivity contribution in [2.45, 2.75) is 90.7 Å². The third-order valence-electron chi connectivity index (χ3n) is 7.19. The van der Waals surface area contributed by atoms with Gasteiger partial charge in [0, 0.05) is 43.8 Å². The number of alkyl halides is 5. The molecule has 1 atom stereocenters. The van der Waals surface area contributed by atoms with Gasteiger partial charge in [-0.15, -0.1) is 0 Å². The molecule has 0 saturated heterocycles. The maximum absolute atomic E-state index is 14.1. The summed E-state index contributed by atoms with van der Waals surface area (Å²) in [6.45, 7) is 9.08. The lowest BCUT2D eigenvalue weighted by molar-refractivity contribution is -0.138. The zero-order chi connectivity index (χ0) is 26.4. The normalized spacial score (nSPS) is 23.2. The molecule has 194 valence electrons. The molecule has 1 aliphatic heterocycles. The van der Waals surface area contributed by atoms with Crippen molar-refractivity contribution in [3.05, 3.63) is 46.7 Å². The fourth-order valence-corrected chi connectivity index (χ4v) is 4.97. The first-order valence-electron chi connectivity index (χ1n) is 12.0. The standard InChI is InChI=1S/C27H34F5NO2/c1-17(34)9-11-33-16-22(19-13-26(28,29)14-19)25(5,15-23(33)35)20-7-6-18(8-10-24(2,3)4)21(12-20)27(30,31)32/h6-7,12,16,19H,8-11,13-15H2,1-5H3/t25-/m0/s1. The number of halogens is 5. The summed E-state index contributed by atoms with van der Waals surface area (Å²) in [4.78, 5) is 25.7. The van der Waals surface area contributed by atoms with Crippen LogP contribution in [0.2, 0.25) is 0 Å². The number of amides is 1. The number of hydrogen-bond donors (Lipinski definition) is 0. The summed E-state index contributed by atoms with van der Waals surface area (Å²) in [6, 6.07) is 4.17. The van der Waals surface area contributed by atoms with Crippen LogP contribution in [0, 0.1) is 11.3 Å². The number of ketones is 1. The average Bonchev–Trinajstić information content (AvgIpc) is 2.68. The number of carbonyl (C=O) groups is 2. The molecule has 1 aliphatic carbocycles. The third-order valence-corrected chi connectivity index (χ3v) is 7.19. The second-order valence-corrected chi connectivity index (χ2v) is 11.5. The van der Waals surface area contributed by atoms with Gasteiger partial charge in [0.25, 0.3) is 0 Å². The molecule has 1 aromatic carbocycles. The molecule has 1 saturated carbocycles. The number of rotatable bonds is 7. The first-order valence-corrected chi connectivity index (χ1v) is 12.0. The quantitative estimate of drug-likeness (QED) is 0.376. The summed E-state index contributed by atoms with van der Waals surface area (Å²) < 4.78 is 69.8. The molecule has 0 N–H and O–H groups in total. The molecule has 3 nitrogen and oxygen atoms in total. The lowest BCUT2D eigenvalue weighted by Crippen LogP contribution is -2.47. The number of nitrogens with zero attached hydrogens (tertiary/aromatic N) is 1. The SMILES string of the molecule is CC(=O)CCN1C=C(C2CC(F)(F)C2)[C@](C)(c2ccc(CCC(C)(C)C)c(C(F)(F)F)c2)CC1=O. The van der Waals surface area contributed by atoms with E-state index in [2.05, 4.69) is 0 Å². The molecule has 1 heterocycles. The van der Waals surface area contributed by atoms with E-state index in [1.165, 1.54) is 24.1 Å². The van der Waals surface area contributed by atoms with Crippen LogP contribution in [-0.2, 0) is 27.6 Å². The molecule has 0 radical (unpaired) electrons. The second kappa shape index (κ2) is 9.32. The van der Waals surface area contributed by atoms with Crippen LogP contribution in [0.4, 0.5) is 22.0 Å². The highest BCUT2D eigenvalue weighted by Crippen LogP contribution is 2.54. The van der Waals surface area contributed by atoms with Gasteiger partial charge in [-0.05, 0) is 53.9 Å². The maximum atomic E-state index is 14.1. The molecular weight excluding hydrogens is 465 g/mol. The van der Waals surface area contributed by atoms with E-state index < -0.39 is 41.8 Å². The first-order chi connectivity index (χ1) is 15.9. The van der Waals surface area contributed by atoms with Crippen molar-refractivity contribution in [3.63, 3.8) is 0 Å². The monoisotopic (exact) mass is 499 g/mol. The number of aryl methyl sites for hydroxylation is 1. The van der Waals surface area contributed by atoms with Crippen molar-refractivity contribution in [2.75, 3.05) is 6.54 Å². The first kappa shape index (κ1) is 27.3. The fourth-order valence-electron chi connectivity index (χ4n) is 4.97. The van der Waals surface area contributed by atoms with Crippen LogP contribution in [-0.4, -0.2) is 29.1 Å². The zero-order valence-electron chi connectivity index (χ0n) is 21.0. The summed E-state index contributed by atoms with van der Waals surface area (Å²) in [5.74, 6) is -3.82. The Morgan fingerprint density at radius 1 is 1.14 bits per heavy atom. The molecule has 8 heteroatoms. The van der Waals surface area contributed by atoms with Gasteiger partial charge in [0.2, 0.25) is 11.8 Å². The van der Waals surface area contributed by atoms with Crippen molar-refractivity contribution in [2.24, 2.45) is 11.3 Å². The van der Waals surface area contributed by atoms with Gasteiger partial charge in [-0.25, -0.2) is 8.78 Å². The van der Waals surface area contributed by atoms with Crippen LogP contribution in [0.25, 0.3) is 0 Å². The molecule has 0 bridgehead atoms. The van der Waals surface area contributed by atoms with Crippen LogP contribution < -0.4 is 0 Å². The minimum Gasteiger partial charge on any atom is -0.319 e. The van der Waals surface area contributed by atoms with Crippen molar-refractivity contribution in [1.29, 1.82) is 0 Å². The summed E-state index contributed by atoms with van der Waals surface area (Å²) in [6.07, 6.45) is -3.08. The van der Waals surface area contributed by atoms with E-state index in [9.17, 15) is 31.5 Å². The highest BCUT2D eigenvalue weighted by Gasteiger charge is 2.52. The van der Waals surface area contributed by atoms with Gasteiger partial charge in [0.15, 0.2) is 0 Å². The average molecular weight is 500 g/mol. The van der Waals surface area contributed by atoms with E-state index >= 15 is 0 Å². The van der Waals surface area contributed by atoms with E-state index in [1.54, 1.807) is 13.0 Å². The van der Waals surface area contributed by atoms with E-state index in [1.807, 2.05) is 20.8 Å². The highest BCUT2D eigenvalue weighted by molar-refractivity contribution is 5.83. The van der Waals surface area contributed by atoms with Crippen molar-refractivity contribution in [3.8, 4) is 0 Å². The van der Waals surface area contributed by atoms with Crippen LogP contribution in [0.3, 0.4) is 0 Å². The third kappa shape index (κ3) is 6.31. The Hall–Kier alpha value is -2.25. The molecule has 2 aliphatic rings. The summed E-state index contributed by atoms with van der Waals surface area (Å²) in [5, 5.41) is 0. The minimum absolute atomic E-state index is 0.114. The molecule has 0 unspecified atom stereocenters. The van der Waals surface area contributed by atoms with Crippen molar-refractivity contribution < 1.29 is 31.5 Å². The number of Topliss-reactive ketones (excluding diaryl/α,β-unsaturated/α-hetero) is 1. The van der Waals surface area contributed by atoms with Crippen LogP contribution in [0.15, 0.2) is 30.0 Å². The molecular formula is C27H34F5NO2. The van der Waals surface area contributed by atoms with Crippen LogP contribution in [0.1, 0.15) is 83.4 Å². The topological polar surface area (TPSA) is 37.4 Å². The van der Waals surface area contributed by atoms with E-state index in [-0.39, 0.29) is 48.5 Å². The highest BCUT2D eigenvalue weighted by atomic mass is 19.4. The van der Waals surface area contributed by atoms with E-state index in [0.717, 1.165) is 6.07 Å². The summed E-state index contributed by atoms with van der Waals surface area (Å²) in [7, 11) is 0. The Kier molecular flexibility index (Phi) is 7.28. The van der Waals surface area contributed by atoms with Crippen molar-refractivity contribution in [1.82, 2.24) is 4.90 Å².